The van der Waals surface area contributed by atoms with E-state index in [4.69, 9.17) is 4.74 Å². The number of ether oxygens (including phenoxy) is 1. The third-order valence-corrected chi connectivity index (χ3v) is 7.26. The van der Waals surface area contributed by atoms with Crippen LogP contribution in [0, 0.1) is 5.92 Å². The minimum Gasteiger partial charge on any atom is -0.379 e. The molecule has 0 bridgehead atoms. The Labute approximate surface area is 148 Å². The molecule has 0 atom stereocenters. The molecule has 0 aliphatic carbocycles. The lowest BCUT2D eigenvalue weighted by atomic mass is 9.97. The van der Waals surface area contributed by atoms with Crippen molar-refractivity contribution >= 4 is 27.3 Å². The monoisotopic (exact) mass is 374 g/mol. The summed E-state index contributed by atoms with van der Waals surface area (Å²) in [6.07, 6.45) is 2.13. The van der Waals surface area contributed by atoms with Gasteiger partial charge in [0.1, 0.15) is 4.21 Å². The predicted octanol–water partition coefficient (Wildman–Crippen LogP) is 2.08. The second kappa shape index (κ2) is 8.94. The predicted molar refractivity (Wildman–Crippen MR) is 94.5 cm³/mol. The number of hydrogen-bond acceptors (Lipinski definition) is 5. The van der Waals surface area contributed by atoms with Crippen molar-refractivity contribution in [2.45, 2.75) is 43.4 Å². The maximum absolute atomic E-state index is 12.4. The molecule has 0 radical (unpaired) electrons. The van der Waals surface area contributed by atoms with Crippen LogP contribution in [0.2, 0.25) is 0 Å². The fraction of sp³-hybridized carbons (Fsp3) is 0.688. The Kier molecular flexibility index (Phi) is 7.21. The van der Waals surface area contributed by atoms with Crippen molar-refractivity contribution in [1.29, 1.82) is 0 Å². The van der Waals surface area contributed by atoms with Gasteiger partial charge in [0.2, 0.25) is 5.91 Å². The third-order valence-electron chi connectivity index (χ3n) is 3.99. The number of piperidine rings is 1. The lowest BCUT2D eigenvalue weighted by Crippen LogP contribution is -2.43. The molecular weight excluding hydrogens is 348 g/mol. The molecule has 1 aromatic heterocycles. The second-order valence-electron chi connectivity index (χ2n) is 6.17. The van der Waals surface area contributed by atoms with E-state index >= 15 is 0 Å². The number of nitrogens with zero attached hydrogens (tertiary/aromatic N) is 1. The first-order chi connectivity index (χ1) is 11.4. The number of nitrogens with one attached hydrogen (secondary N) is 1. The van der Waals surface area contributed by atoms with E-state index in [1.807, 2.05) is 13.8 Å². The fourth-order valence-corrected chi connectivity index (χ4v) is 5.26. The molecule has 0 unspecified atom stereocenters. The van der Waals surface area contributed by atoms with Crippen molar-refractivity contribution in [1.82, 2.24) is 9.62 Å². The maximum Gasteiger partial charge on any atom is 0.252 e. The Balaban J connectivity index is 1.73. The molecule has 0 spiro atoms. The highest BCUT2D eigenvalue weighted by atomic mass is 32.2. The number of carbonyl (C=O) groups is 1. The number of carbonyl (C=O) groups excluding carboxylic acids is 1. The summed E-state index contributed by atoms with van der Waals surface area (Å²) in [5, 5.41) is 4.68. The topological polar surface area (TPSA) is 75.7 Å². The van der Waals surface area contributed by atoms with Gasteiger partial charge < -0.3 is 10.1 Å². The quantitative estimate of drug-likeness (QED) is 0.707. The van der Waals surface area contributed by atoms with Crippen molar-refractivity contribution < 1.29 is 17.9 Å². The van der Waals surface area contributed by atoms with Crippen molar-refractivity contribution in [2.24, 2.45) is 5.92 Å². The Bertz CT molecular complexity index is 606. The third kappa shape index (κ3) is 5.27. The van der Waals surface area contributed by atoms with Crippen LogP contribution in [0.25, 0.3) is 0 Å². The van der Waals surface area contributed by atoms with Crippen LogP contribution in [0.1, 0.15) is 33.1 Å². The molecule has 136 valence electrons. The van der Waals surface area contributed by atoms with Gasteiger partial charge >= 0.3 is 0 Å². The summed E-state index contributed by atoms with van der Waals surface area (Å²) in [6, 6.07) is 3.36. The molecular formula is C16H26N2O4S2. The number of sulfonamides is 1. The van der Waals surface area contributed by atoms with Crippen LogP contribution in [0.5, 0.6) is 0 Å². The minimum atomic E-state index is -3.40. The zero-order valence-corrected chi connectivity index (χ0v) is 15.9. The average molecular weight is 375 g/mol. The van der Waals surface area contributed by atoms with Crippen LogP contribution >= 0.6 is 11.3 Å². The van der Waals surface area contributed by atoms with Gasteiger partial charge in [0.25, 0.3) is 10.0 Å². The van der Waals surface area contributed by atoms with E-state index in [1.165, 1.54) is 15.6 Å². The Morgan fingerprint density at radius 1 is 1.42 bits per heavy atom. The van der Waals surface area contributed by atoms with Gasteiger partial charge in [0, 0.05) is 32.2 Å². The summed E-state index contributed by atoms with van der Waals surface area (Å²) in [5.41, 5.74) is 0. The summed E-state index contributed by atoms with van der Waals surface area (Å²) in [7, 11) is -3.40. The summed E-state index contributed by atoms with van der Waals surface area (Å²) in [5.74, 6) is -0.0847. The molecule has 1 aromatic rings. The standard InChI is InChI=1S/C16H26N2O4S2/c1-13(2)22-11-4-8-17-16(19)14-6-9-18(10-7-14)24(20,21)15-5-3-12-23-15/h3,5,12-14H,4,6-11H2,1-2H3,(H,17,19). The van der Waals surface area contributed by atoms with E-state index < -0.39 is 10.0 Å². The molecule has 0 saturated carbocycles. The average Bonchev–Trinajstić information content (AvgIpc) is 3.09. The van der Waals surface area contributed by atoms with E-state index in [-0.39, 0.29) is 17.9 Å². The van der Waals surface area contributed by atoms with Gasteiger partial charge in [-0.2, -0.15) is 4.31 Å². The van der Waals surface area contributed by atoms with E-state index in [0.29, 0.717) is 43.3 Å². The lowest BCUT2D eigenvalue weighted by Gasteiger charge is -2.30. The zero-order valence-electron chi connectivity index (χ0n) is 14.2. The maximum atomic E-state index is 12.4. The summed E-state index contributed by atoms with van der Waals surface area (Å²) < 4.78 is 32.2. The van der Waals surface area contributed by atoms with Crippen LogP contribution in [0.15, 0.2) is 21.7 Å². The van der Waals surface area contributed by atoms with Crippen LogP contribution in [0.4, 0.5) is 0 Å². The van der Waals surface area contributed by atoms with E-state index in [1.54, 1.807) is 17.5 Å². The molecule has 1 aliphatic heterocycles. The van der Waals surface area contributed by atoms with Crippen molar-refractivity contribution in [3.8, 4) is 0 Å². The highest BCUT2D eigenvalue weighted by Gasteiger charge is 2.32. The molecule has 1 saturated heterocycles. The van der Waals surface area contributed by atoms with Gasteiger partial charge in [-0.3, -0.25) is 4.79 Å². The van der Waals surface area contributed by atoms with Gasteiger partial charge in [-0.1, -0.05) is 6.07 Å². The van der Waals surface area contributed by atoms with Gasteiger partial charge in [-0.25, -0.2) is 8.42 Å². The highest BCUT2D eigenvalue weighted by Crippen LogP contribution is 2.26. The highest BCUT2D eigenvalue weighted by molar-refractivity contribution is 7.91. The first kappa shape index (κ1) is 19.4. The fourth-order valence-electron chi connectivity index (χ4n) is 2.64. The van der Waals surface area contributed by atoms with Crippen molar-refractivity contribution in [2.75, 3.05) is 26.2 Å². The molecule has 6 nitrogen and oxygen atoms in total. The molecule has 24 heavy (non-hydrogen) atoms. The van der Waals surface area contributed by atoms with Gasteiger partial charge in [-0.15, -0.1) is 11.3 Å². The molecule has 1 N–H and O–H groups in total. The van der Waals surface area contributed by atoms with Crippen molar-refractivity contribution in [3.63, 3.8) is 0 Å². The SMILES string of the molecule is CC(C)OCCCNC(=O)C1CCN(S(=O)(=O)c2cccs2)CC1. The summed E-state index contributed by atoms with van der Waals surface area (Å²) in [4.78, 5) is 12.2. The Morgan fingerprint density at radius 3 is 2.71 bits per heavy atom. The van der Waals surface area contributed by atoms with Gasteiger partial charge in [0.05, 0.1) is 6.10 Å². The Morgan fingerprint density at radius 2 is 2.12 bits per heavy atom. The number of amides is 1. The van der Waals surface area contributed by atoms with E-state index in [2.05, 4.69) is 5.32 Å². The van der Waals surface area contributed by atoms with Crippen molar-refractivity contribution in [3.05, 3.63) is 17.5 Å². The lowest BCUT2D eigenvalue weighted by molar-refractivity contribution is -0.126. The minimum absolute atomic E-state index is 0.0210. The molecule has 1 aliphatic rings. The van der Waals surface area contributed by atoms with Crippen LogP contribution in [0.3, 0.4) is 0 Å². The zero-order chi connectivity index (χ0) is 17.6. The summed E-state index contributed by atoms with van der Waals surface area (Å²) >= 11 is 1.23. The number of thiophene rings is 1. The van der Waals surface area contributed by atoms with Gasteiger partial charge in [-0.05, 0) is 44.6 Å². The smallest absolute Gasteiger partial charge is 0.252 e. The normalized spacial score (nSPS) is 17.3. The van der Waals surface area contributed by atoms with E-state index in [9.17, 15) is 13.2 Å². The van der Waals surface area contributed by atoms with Crippen LogP contribution in [-0.2, 0) is 19.6 Å². The molecule has 1 fully saturated rings. The van der Waals surface area contributed by atoms with Gasteiger partial charge in [0.15, 0.2) is 0 Å². The number of hydrogen-bond donors (Lipinski definition) is 1. The molecule has 8 heteroatoms. The number of rotatable bonds is 8. The second-order valence-corrected chi connectivity index (χ2v) is 9.29. The summed E-state index contributed by atoms with van der Waals surface area (Å²) in [6.45, 7) is 5.99. The van der Waals surface area contributed by atoms with Crippen LogP contribution in [-0.4, -0.2) is 51.0 Å². The molecule has 2 rings (SSSR count). The van der Waals surface area contributed by atoms with E-state index in [0.717, 1.165) is 6.42 Å². The largest absolute Gasteiger partial charge is 0.379 e. The molecule has 0 aromatic carbocycles. The first-order valence-corrected chi connectivity index (χ1v) is 10.7. The van der Waals surface area contributed by atoms with Crippen LogP contribution < -0.4 is 5.32 Å². The first-order valence-electron chi connectivity index (χ1n) is 8.34. The Hall–Kier alpha value is -0.960. The molecule has 2 heterocycles. The molecule has 1 amide bonds.